The van der Waals surface area contributed by atoms with Crippen molar-refractivity contribution in [1.29, 1.82) is 0 Å². The van der Waals surface area contributed by atoms with Crippen LogP contribution in [0.2, 0.25) is 10.0 Å². The van der Waals surface area contributed by atoms with Gasteiger partial charge in [0, 0.05) is 11.2 Å². The van der Waals surface area contributed by atoms with Crippen molar-refractivity contribution >= 4 is 40.9 Å². The summed E-state index contributed by atoms with van der Waals surface area (Å²) in [6.07, 6.45) is 1.41. The first-order valence-electron chi connectivity index (χ1n) is 6.41. The predicted molar refractivity (Wildman–Crippen MR) is 84.6 cm³/mol. The molecule has 5 nitrogen and oxygen atoms in total. The molecule has 0 atom stereocenters. The first-order valence-corrected chi connectivity index (χ1v) is 7.16. The van der Waals surface area contributed by atoms with Crippen LogP contribution in [0, 0.1) is 0 Å². The van der Waals surface area contributed by atoms with Gasteiger partial charge < -0.3 is 10.1 Å². The lowest BCUT2D eigenvalue weighted by molar-refractivity contribution is 0.0526. The summed E-state index contributed by atoms with van der Waals surface area (Å²) in [7, 11) is 0. The molecule has 0 aliphatic carbocycles. The number of esters is 1. The highest BCUT2D eigenvalue weighted by atomic mass is 35.5. The second-order valence-electron chi connectivity index (χ2n) is 4.23. The maximum atomic E-state index is 12.2. The van der Waals surface area contributed by atoms with Crippen molar-refractivity contribution in [3.8, 4) is 0 Å². The molecule has 2 rings (SSSR count). The van der Waals surface area contributed by atoms with Gasteiger partial charge in [-0.1, -0.05) is 23.2 Å². The van der Waals surface area contributed by atoms with Crippen LogP contribution in [0.25, 0.3) is 0 Å². The van der Waals surface area contributed by atoms with Crippen LogP contribution in [0.1, 0.15) is 27.6 Å². The zero-order chi connectivity index (χ0) is 16.1. The summed E-state index contributed by atoms with van der Waals surface area (Å²) in [5, 5.41) is 3.23. The number of hydrogen-bond acceptors (Lipinski definition) is 4. The SMILES string of the molecule is CCOC(=O)c1ccnc(NC(=O)c2ccc(Cl)cc2Cl)c1. The Balaban J connectivity index is 2.18. The van der Waals surface area contributed by atoms with Gasteiger partial charge in [0.15, 0.2) is 0 Å². The number of amides is 1. The molecule has 0 bridgehead atoms. The Labute approximate surface area is 137 Å². The third-order valence-corrected chi connectivity index (χ3v) is 3.24. The Kier molecular flexibility index (Phi) is 5.35. The number of aromatic nitrogens is 1. The molecule has 0 unspecified atom stereocenters. The van der Waals surface area contributed by atoms with Crippen LogP contribution >= 0.6 is 23.2 Å². The monoisotopic (exact) mass is 338 g/mol. The fraction of sp³-hybridized carbons (Fsp3) is 0.133. The third-order valence-electron chi connectivity index (χ3n) is 2.69. The number of benzene rings is 1. The fourth-order valence-electron chi connectivity index (χ4n) is 1.70. The predicted octanol–water partition coefficient (Wildman–Crippen LogP) is 3.82. The van der Waals surface area contributed by atoms with Crippen molar-refractivity contribution in [2.45, 2.75) is 6.92 Å². The van der Waals surface area contributed by atoms with E-state index in [1.807, 2.05) is 0 Å². The molecule has 2 aromatic rings. The number of carbonyl (C=O) groups excluding carboxylic acids is 2. The molecule has 0 spiro atoms. The Hall–Kier alpha value is -2.11. The molecule has 1 heterocycles. The van der Waals surface area contributed by atoms with Crippen LogP contribution in [0.15, 0.2) is 36.5 Å². The largest absolute Gasteiger partial charge is 0.462 e. The molecule has 22 heavy (non-hydrogen) atoms. The van der Waals surface area contributed by atoms with Gasteiger partial charge >= 0.3 is 5.97 Å². The lowest BCUT2D eigenvalue weighted by atomic mass is 10.2. The van der Waals surface area contributed by atoms with Crippen molar-refractivity contribution in [1.82, 2.24) is 4.98 Å². The standard InChI is InChI=1S/C15H12Cl2N2O3/c1-2-22-15(21)9-5-6-18-13(7-9)19-14(20)11-4-3-10(16)8-12(11)17/h3-8H,2H2,1H3,(H,18,19,20). The molecule has 0 saturated heterocycles. The van der Waals surface area contributed by atoms with Gasteiger partial charge in [-0.3, -0.25) is 4.79 Å². The highest BCUT2D eigenvalue weighted by molar-refractivity contribution is 6.37. The molecule has 1 aromatic heterocycles. The number of halogens is 2. The van der Waals surface area contributed by atoms with Crippen LogP contribution in [-0.2, 0) is 4.74 Å². The molecule has 1 amide bonds. The normalized spacial score (nSPS) is 10.1. The molecule has 1 aromatic carbocycles. The quantitative estimate of drug-likeness (QED) is 0.860. The van der Waals surface area contributed by atoms with Crippen LogP contribution in [-0.4, -0.2) is 23.5 Å². The molecule has 1 N–H and O–H groups in total. The van der Waals surface area contributed by atoms with Gasteiger partial charge in [0.2, 0.25) is 0 Å². The van der Waals surface area contributed by atoms with E-state index >= 15 is 0 Å². The van der Waals surface area contributed by atoms with Crippen LogP contribution in [0.5, 0.6) is 0 Å². The fourth-order valence-corrected chi connectivity index (χ4v) is 2.19. The summed E-state index contributed by atoms with van der Waals surface area (Å²) in [5.41, 5.74) is 0.559. The van der Waals surface area contributed by atoms with Gasteiger partial charge in [0.05, 0.1) is 22.8 Å². The van der Waals surface area contributed by atoms with Crippen LogP contribution < -0.4 is 5.32 Å². The average molecular weight is 339 g/mol. The van der Waals surface area contributed by atoms with Crippen molar-refractivity contribution in [2.24, 2.45) is 0 Å². The minimum Gasteiger partial charge on any atom is -0.462 e. The Morgan fingerprint density at radius 1 is 1.23 bits per heavy atom. The number of carbonyl (C=O) groups is 2. The van der Waals surface area contributed by atoms with E-state index in [0.717, 1.165) is 0 Å². The highest BCUT2D eigenvalue weighted by Crippen LogP contribution is 2.22. The smallest absolute Gasteiger partial charge is 0.338 e. The molecular formula is C15H12Cl2N2O3. The number of nitrogens with zero attached hydrogens (tertiary/aromatic N) is 1. The number of pyridine rings is 1. The number of ether oxygens (including phenoxy) is 1. The lowest BCUT2D eigenvalue weighted by Gasteiger charge is -2.07. The molecule has 7 heteroatoms. The van der Waals surface area contributed by atoms with Crippen LogP contribution in [0.3, 0.4) is 0 Å². The number of hydrogen-bond donors (Lipinski definition) is 1. The minimum absolute atomic E-state index is 0.224. The average Bonchev–Trinajstić information content (AvgIpc) is 2.47. The van der Waals surface area contributed by atoms with E-state index in [4.69, 9.17) is 27.9 Å². The zero-order valence-electron chi connectivity index (χ0n) is 11.6. The molecule has 0 aliphatic rings. The van der Waals surface area contributed by atoms with E-state index < -0.39 is 11.9 Å². The second-order valence-corrected chi connectivity index (χ2v) is 5.07. The summed E-state index contributed by atoms with van der Waals surface area (Å²) in [6.45, 7) is 1.98. The Morgan fingerprint density at radius 3 is 2.68 bits per heavy atom. The lowest BCUT2D eigenvalue weighted by Crippen LogP contribution is -2.14. The van der Waals surface area contributed by atoms with Crippen molar-refractivity contribution in [3.63, 3.8) is 0 Å². The van der Waals surface area contributed by atoms with E-state index in [1.165, 1.54) is 30.5 Å². The Morgan fingerprint density at radius 2 is 2.00 bits per heavy atom. The molecule has 0 aliphatic heterocycles. The number of rotatable bonds is 4. The summed E-state index contributed by atoms with van der Waals surface area (Å²) < 4.78 is 4.89. The van der Waals surface area contributed by atoms with E-state index in [2.05, 4.69) is 10.3 Å². The topological polar surface area (TPSA) is 68.3 Å². The summed E-state index contributed by atoms with van der Waals surface area (Å²) in [6, 6.07) is 7.48. The highest BCUT2D eigenvalue weighted by Gasteiger charge is 2.13. The number of anilines is 1. The van der Waals surface area contributed by atoms with Gasteiger partial charge in [0.1, 0.15) is 5.82 Å². The van der Waals surface area contributed by atoms with E-state index in [9.17, 15) is 9.59 Å². The zero-order valence-corrected chi connectivity index (χ0v) is 13.1. The van der Waals surface area contributed by atoms with Crippen molar-refractivity contribution in [2.75, 3.05) is 11.9 Å². The van der Waals surface area contributed by atoms with Gasteiger partial charge in [-0.15, -0.1) is 0 Å². The third kappa shape index (κ3) is 3.96. The summed E-state index contributed by atoms with van der Waals surface area (Å²) >= 11 is 11.8. The summed E-state index contributed by atoms with van der Waals surface area (Å²) in [5.74, 6) is -0.707. The minimum atomic E-state index is -0.482. The summed E-state index contributed by atoms with van der Waals surface area (Å²) in [4.78, 5) is 27.8. The van der Waals surface area contributed by atoms with Gasteiger partial charge in [0.25, 0.3) is 5.91 Å². The maximum Gasteiger partial charge on any atom is 0.338 e. The molecule has 0 fully saturated rings. The molecular weight excluding hydrogens is 327 g/mol. The Bertz CT molecular complexity index is 720. The molecule has 114 valence electrons. The second kappa shape index (κ2) is 7.24. The maximum absolute atomic E-state index is 12.2. The van der Waals surface area contributed by atoms with E-state index in [1.54, 1.807) is 13.0 Å². The van der Waals surface area contributed by atoms with Crippen molar-refractivity contribution in [3.05, 3.63) is 57.7 Å². The van der Waals surface area contributed by atoms with Gasteiger partial charge in [-0.25, -0.2) is 9.78 Å². The van der Waals surface area contributed by atoms with Crippen molar-refractivity contribution < 1.29 is 14.3 Å². The van der Waals surface area contributed by atoms with E-state index in [-0.39, 0.29) is 23.0 Å². The van der Waals surface area contributed by atoms with Gasteiger partial charge in [-0.05, 0) is 37.3 Å². The molecule has 0 saturated carbocycles. The first kappa shape index (κ1) is 16.3. The number of nitrogens with one attached hydrogen (secondary N) is 1. The van der Waals surface area contributed by atoms with Crippen LogP contribution in [0.4, 0.5) is 5.82 Å². The first-order chi connectivity index (χ1) is 10.5. The molecule has 0 radical (unpaired) electrons. The van der Waals surface area contributed by atoms with Gasteiger partial charge in [-0.2, -0.15) is 0 Å². The van der Waals surface area contributed by atoms with E-state index in [0.29, 0.717) is 10.6 Å².